The van der Waals surface area contributed by atoms with E-state index in [0.717, 1.165) is 25.0 Å². The van der Waals surface area contributed by atoms with Gasteiger partial charge in [-0.15, -0.1) is 0 Å². The number of halogens is 2. The van der Waals surface area contributed by atoms with Crippen LogP contribution in [0.25, 0.3) is 0 Å². The highest BCUT2D eigenvalue weighted by molar-refractivity contribution is 6.33. The van der Waals surface area contributed by atoms with Crippen LogP contribution in [-0.4, -0.2) is 24.0 Å². The van der Waals surface area contributed by atoms with Crippen LogP contribution in [0.1, 0.15) is 50.4 Å². The highest BCUT2D eigenvalue weighted by atomic mass is 35.5. The number of hydrogen-bond donors (Lipinski definition) is 1. The molecule has 0 saturated heterocycles. The van der Waals surface area contributed by atoms with Gasteiger partial charge in [-0.3, -0.25) is 4.79 Å². The Morgan fingerprint density at radius 3 is 2.71 bits per heavy atom. The fourth-order valence-electron chi connectivity index (χ4n) is 3.02. The SMILES string of the molecule is C[C@@H]1[C@@H](C)CCC[C@H]1NC(=O)[C@@H](C)OC(=O)c1ccc(F)cc1Cl. The Morgan fingerprint density at radius 2 is 2.04 bits per heavy atom. The second kappa shape index (κ2) is 7.97. The zero-order chi connectivity index (χ0) is 17.9. The van der Waals surface area contributed by atoms with Gasteiger partial charge < -0.3 is 10.1 Å². The molecule has 0 spiro atoms. The van der Waals surface area contributed by atoms with E-state index in [-0.39, 0.29) is 22.5 Å². The lowest BCUT2D eigenvalue weighted by molar-refractivity contribution is -0.130. The molecule has 132 valence electrons. The van der Waals surface area contributed by atoms with Crippen LogP contribution in [0.5, 0.6) is 0 Å². The molecule has 2 rings (SSSR count). The number of ether oxygens (including phenoxy) is 1. The predicted octanol–water partition coefficient (Wildman–Crippen LogP) is 3.97. The minimum Gasteiger partial charge on any atom is -0.449 e. The number of amides is 1. The van der Waals surface area contributed by atoms with E-state index in [4.69, 9.17) is 16.3 Å². The minimum absolute atomic E-state index is 0.0392. The van der Waals surface area contributed by atoms with Gasteiger partial charge in [-0.05, 0) is 43.4 Å². The molecule has 1 fully saturated rings. The Morgan fingerprint density at radius 1 is 1.33 bits per heavy atom. The second-order valence-corrected chi connectivity index (χ2v) is 6.96. The lowest BCUT2D eigenvalue weighted by atomic mass is 9.78. The van der Waals surface area contributed by atoms with E-state index in [9.17, 15) is 14.0 Å². The molecule has 0 aliphatic heterocycles. The van der Waals surface area contributed by atoms with Crippen molar-refractivity contribution < 1.29 is 18.7 Å². The average molecular weight is 356 g/mol. The summed E-state index contributed by atoms with van der Waals surface area (Å²) >= 11 is 5.84. The molecule has 6 heteroatoms. The molecule has 1 aromatic rings. The summed E-state index contributed by atoms with van der Waals surface area (Å²) < 4.78 is 18.2. The van der Waals surface area contributed by atoms with Gasteiger partial charge in [0.1, 0.15) is 5.82 Å². The van der Waals surface area contributed by atoms with Gasteiger partial charge in [0.2, 0.25) is 0 Å². The summed E-state index contributed by atoms with van der Waals surface area (Å²) in [5.74, 6) is -0.667. The molecular formula is C18H23ClFNO3. The van der Waals surface area contributed by atoms with Crippen molar-refractivity contribution >= 4 is 23.5 Å². The maximum atomic E-state index is 13.0. The molecule has 0 unspecified atom stereocenters. The van der Waals surface area contributed by atoms with E-state index < -0.39 is 17.9 Å². The Bertz CT molecular complexity index is 622. The van der Waals surface area contributed by atoms with Gasteiger partial charge in [0.25, 0.3) is 5.91 Å². The summed E-state index contributed by atoms with van der Waals surface area (Å²) in [6.07, 6.45) is 2.24. The van der Waals surface area contributed by atoms with Crippen LogP contribution in [0, 0.1) is 17.7 Å². The Hall–Kier alpha value is -1.62. The molecule has 1 amide bonds. The second-order valence-electron chi connectivity index (χ2n) is 6.55. The van der Waals surface area contributed by atoms with Crippen molar-refractivity contribution in [1.82, 2.24) is 5.32 Å². The first kappa shape index (κ1) is 18.7. The van der Waals surface area contributed by atoms with Gasteiger partial charge in [-0.25, -0.2) is 9.18 Å². The molecule has 1 aliphatic carbocycles. The molecule has 0 aromatic heterocycles. The first-order valence-corrected chi connectivity index (χ1v) is 8.63. The fraction of sp³-hybridized carbons (Fsp3) is 0.556. The third kappa shape index (κ3) is 4.47. The lowest BCUT2D eigenvalue weighted by Crippen LogP contribution is -2.47. The fourth-order valence-corrected chi connectivity index (χ4v) is 3.26. The lowest BCUT2D eigenvalue weighted by Gasteiger charge is -2.35. The van der Waals surface area contributed by atoms with Crippen molar-refractivity contribution in [3.05, 3.63) is 34.6 Å². The molecule has 1 saturated carbocycles. The Kier molecular flexibility index (Phi) is 6.21. The van der Waals surface area contributed by atoms with Crippen LogP contribution in [0.15, 0.2) is 18.2 Å². The van der Waals surface area contributed by atoms with Crippen LogP contribution in [0.4, 0.5) is 4.39 Å². The van der Waals surface area contributed by atoms with Crippen LogP contribution in [-0.2, 0) is 9.53 Å². The van der Waals surface area contributed by atoms with Gasteiger partial charge in [0, 0.05) is 6.04 Å². The van der Waals surface area contributed by atoms with Crippen molar-refractivity contribution in [2.45, 2.75) is 52.2 Å². The summed E-state index contributed by atoms with van der Waals surface area (Å²) in [5, 5.41) is 2.93. The summed E-state index contributed by atoms with van der Waals surface area (Å²) in [6, 6.07) is 3.50. The van der Waals surface area contributed by atoms with E-state index in [2.05, 4.69) is 19.2 Å². The largest absolute Gasteiger partial charge is 0.449 e. The number of carbonyl (C=O) groups excluding carboxylic acids is 2. The first-order chi connectivity index (χ1) is 11.3. The molecule has 1 N–H and O–H groups in total. The van der Waals surface area contributed by atoms with E-state index in [1.807, 2.05) is 0 Å². The third-order valence-corrected chi connectivity index (χ3v) is 5.15. The van der Waals surface area contributed by atoms with Crippen molar-refractivity contribution in [3.63, 3.8) is 0 Å². The predicted molar refractivity (Wildman–Crippen MR) is 90.4 cm³/mol. The topological polar surface area (TPSA) is 55.4 Å². The number of benzene rings is 1. The van der Waals surface area contributed by atoms with Gasteiger partial charge >= 0.3 is 5.97 Å². The zero-order valence-corrected chi connectivity index (χ0v) is 14.9. The third-order valence-electron chi connectivity index (χ3n) is 4.84. The van der Waals surface area contributed by atoms with Gasteiger partial charge in [-0.2, -0.15) is 0 Å². The number of nitrogens with one attached hydrogen (secondary N) is 1. The highest BCUT2D eigenvalue weighted by Gasteiger charge is 2.30. The first-order valence-electron chi connectivity index (χ1n) is 8.26. The van der Waals surface area contributed by atoms with Gasteiger partial charge in [0.15, 0.2) is 6.10 Å². The Balaban J connectivity index is 1.94. The quantitative estimate of drug-likeness (QED) is 0.831. The minimum atomic E-state index is -0.942. The highest BCUT2D eigenvalue weighted by Crippen LogP contribution is 2.29. The van der Waals surface area contributed by atoms with E-state index in [1.165, 1.54) is 19.4 Å². The molecular weight excluding hydrogens is 333 g/mol. The number of rotatable bonds is 4. The van der Waals surface area contributed by atoms with Crippen LogP contribution in [0.3, 0.4) is 0 Å². The maximum Gasteiger partial charge on any atom is 0.340 e. The van der Waals surface area contributed by atoms with Crippen molar-refractivity contribution in [3.8, 4) is 0 Å². The average Bonchev–Trinajstić information content (AvgIpc) is 2.51. The van der Waals surface area contributed by atoms with Crippen molar-refractivity contribution in [1.29, 1.82) is 0 Å². The molecule has 4 nitrogen and oxygen atoms in total. The molecule has 24 heavy (non-hydrogen) atoms. The zero-order valence-electron chi connectivity index (χ0n) is 14.1. The Labute approximate surface area is 146 Å². The van der Waals surface area contributed by atoms with E-state index in [0.29, 0.717) is 11.8 Å². The summed E-state index contributed by atoms with van der Waals surface area (Å²) in [4.78, 5) is 24.4. The smallest absolute Gasteiger partial charge is 0.340 e. The van der Waals surface area contributed by atoms with E-state index >= 15 is 0 Å². The normalized spacial score (nSPS) is 25.0. The standard InChI is InChI=1S/C18H23ClFNO3/c1-10-5-4-6-16(11(10)2)21-17(22)12(3)24-18(23)14-8-7-13(20)9-15(14)19/h7-12,16H,4-6H2,1-3H3,(H,21,22)/t10-,11+,12+,16+/m0/s1. The molecule has 1 aromatic carbocycles. The van der Waals surface area contributed by atoms with Gasteiger partial charge in [0.05, 0.1) is 10.6 Å². The maximum absolute atomic E-state index is 13.0. The summed E-state index contributed by atoms with van der Waals surface area (Å²) in [7, 11) is 0. The summed E-state index contributed by atoms with van der Waals surface area (Å²) in [6.45, 7) is 5.83. The monoisotopic (exact) mass is 355 g/mol. The molecule has 1 aliphatic rings. The molecule has 0 radical (unpaired) electrons. The molecule has 4 atom stereocenters. The molecule has 0 heterocycles. The van der Waals surface area contributed by atoms with E-state index in [1.54, 1.807) is 0 Å². The van der Waals surface area contributed by atoms with Crippen molar-refractivity contribution in [2.75, 3.05) is 0 Å². The van der Waals surface area contributed by atoms with Crippen LogP contribution in [0.2, 0.25) is 5.02 Å². The number of esters is 1. The summed E-state index contributed by atoms with van der Waals surface area (Å²) in [5.41, 5.74) is 0.0392. The van der Waals surface area contributed by atoms with Gasteiger partial charge in [-0.1, -0.05) is 38.3 Å². The number of carbonyl (C=O) groups is 2. The molecule has 0 bridgehead atoms. The number of hydrogen-bond acceptors (Lipinski definition) is 3. The van der Waals surface area contributed by atoms with Crippen LogP contribution >= 0.6 is 11.6 Å². The van der Waals surface area contributed by atoms with Crippen molar-refractivity contribution in [2.24, 2.45) is 11.8 Å². The van der Waals surface area contributed by atoms with Crippen LogP contribution < -0.4 is 5.32 Å².